The second-order valence-electron chi connectivity index (χ2n) is 5.93. The minimum atomic E-state index is -0.517. The lowest BCUT2D eigenvalue weighted by Crippen LogP contribution is -2.36. The molecule has 3 heteroatoms. The van der Waals surface area contributed by atoms with E-state index in [0.717, 1.165) is 31.4 Å². The quantitative estimate of drug-likeness (QED) is 0.818. The number of anilines is 2. The van der Waals surface area contributed by atoms with Crippen LogP contribution in [0.5, 0.6) is 0 Å². The van der Waals surface area contributed by atoms with Crippen LogP contribution in [0.3, 0.4) is 0 Å². The molecule has 0 spiro atoms. The van der Waals surface area contributed by atoms with E-state index in [2.05, 4.69) is 34.5 Å². The molecule has 2 rings (SSSR count). The summed E-state index contributed by atoms with van der Waals surface area (Å²) in [4.78, 5) is 2.09. The number of nitrogens with zero attached hydrogens (tertiary/aromatic N) is 1. The number of hydrogen-bond acceptors (Lipinski definition) is 3. The smallest absolute Gasteiger partial charge is 0.0819 e. The van der Waals surface area contributed by atoms with Crippen LogP contribution >= 0.6 is 0 Å². The van der Waals surface area contributed by atoms with Gasteiger partial charge in [0.2, 0.25) is 0 Å². The largest absolute Gasteiger partial charge is 0.388 e. The van der Waals surface area contributed by atoms with Crippen LogP contribution in [0.2, 0.25) is 0 Å². The van der Waals surface area contributed by atoms with Gasteiger partial charge in [0.25, 0.3) is 0 Å². The second kappa shape index (κ2) is 6.29. The molecule has 1 saturated carbocycles. The molecule has 1 aliphatic rings. The molecule has 0 atom stereocenters. The molecule has 0 amide bonds. The fourth-order valence-electron chi connectivity index (χ4n) is 2.71. The van der Waals surface area contributed by atoms with Crippen molar-refractivity contribution in [3.63, 3.8) is 0 Å². The van der Waals surface area contributed by atoms with E-state index in [4.69, 9.17) is 0 Å². The molecule has 0 aromatic heterocycles. The third kappa shape index (κ3) is 4.13. The summed E-state index contributed by atoms with van der Waals surface area (Å²) in [6.07, 6.45) is 6.68. The van der Waals surface area contributed by atoms with E-state index in [1.807, 2.05) is 14.1 Å². The summed E-state index contributed by atoms with van der Waals surface area (Å²) in [7, 11) is 4.08. The van der Waals surface area contributed by atoms with Crippen LogP contribution < -0.4 is 10.2 Å². The van der Waals surface area contributed by atoms with Gasteiger partial charge in [-0.1, -0.05) is 25.7 Å². The highest BCUT2D eigenvalue weighted by Gasteiger charge is 2.27. The van der Waals surface area contributed by atoms with Gasteiger partial charge in [-0.25, -0.2) is 0 Å². The minimum Gasteiger partial charge on any atom is -0.388 e. The molecule has 1 aliphatic carbocycles. The Labute approximate surface area is 116 Å². The van der Waals surface area contributed by atoms with Crippen LogP contribution in [-0.2, 0) is 0 Å². The van der Waals surface area contributed by atoms with E-state index in [1.54, 1.807) is 0 Å². The van der Waals surface area contributed by atoms with Gasteiger partial charge in [0, 0.05) is 32.0 Å². The summed E-state index contributed by atoms with van der Waals surface area (Å²) in [6.45, 7) is 0.661. The molecule has 19 heavy (non-hydrogen) atoms. The maximum atomic E-state index is 10.6. The zero-order chi connectivity index (χ0) is 13.7. The molecule has 0 aliphatic heterocycles. The maximum Gasteiger partial charge on any atom is 0.0819 e. The predicted molar refractivity (Wildman–Crippen MR) is 81.9 cm³/mol. The summed E-state index contributed by atoms with van der Waals surface area (Å²) >= 11 is 0. The van der Waals surface area contributed by atoms with Gasteiger partial charge in [-0.05, 0) is 37.1 Å². The molecule has 3 nitrogen and oxygen atoms in total. The van der Waals surface area contributed by atoms with Gasteiger partial charge >= 0.3 is 0 Å². The first-order chi connectivity index (χ1) is 9.09. The molecule has 0 bridgehead atoms. The zero-order valence-electron chi connectivity index (χ0n) is 12.2. The third-order valence-electron chi connectivity index (χ3n) is 4.04. The average Bonchev–Trinajstić information content (AvgIpc) is 2.62. The second-order valence-corrected chi connectivity index (χ2v) is 5.93. The molecule has 0 unspecified atom stereocenters. The van der Waals surface area contributed by atoms with Crippen molar-refractivity contribution in [3.05, 3.63) is 24.3 Å². The van der Waals surface area contributed by atoms with Crippen molar-refractivity contribution in [3.8, 4) is 0 Å². The SMILES string of the molecule is CN(C)c1ccc(NCC2(O)CCCCCC2)cc1. The third-order valence-corrected chi connectivity index (χ3v) is 4.04. The van der Waals surface area contributed by atoms with Gasteiger partial charge in [0.05, 0.1) is 5.60 Å². The standard InChI is InChI=1S/C16H26N2O/c1-18(2)15-9-7-14(8-10-15)17-13-16(19)11-5-3-4-6-12-16/h7-10,17,19H,3-6,11-13H2,1-2H3. The van der Waals surface area contributed by atoms with Crippen LogP contribution in [0.1, 0.15) is 38.5 Å². The Morgan fingerprint density at radius 1 is 1.05 bits per heavy atom. The van der Waals surface area contributed by atoms with Gasteiger partial charge in [-0.2, -0.15) is 0 Å². The number of nitrogens with one attached hydrogen (secondary N) is 1. The molecule has 1 aromatic rings. The van der Waals surface area contributed by atoms with Crippen molar-refractivity contribution in [2.75, 3.05) is 30.9 Å². The summed E-state index contributed by atoms with van der Waals surface area (Å²) in [6, 6.07) is 8.35. The van der Waals surface area contributed by atoms with E-state index in [-0.39, 0.29) is 0 Å². The van der Waals surface area contributed by atoms with Crippen molar-refractivity contribution >= 4 is 11.4 Å². The molecular weight excluding hydrogens is 236 g/mol. The topological polar surface area (TPSA) is 35.5 Å². The van der Waals surface area contributed by atoms with Gasteiger partial charge in [0.15, 0.2) is 0 Å². The Balaban J connectivity index is 1.90. The first-order valence-corrected chi connectivity index (χ1v) is 7.33. The first-order valence-electron chi connectivity index (χ1n) is 7.33. The molecule has 2 N–H and O–H groups in total. The maximum absolute atomic E-state index is 10.6. The Morgan fingerprint density at radius 3 is 2.16 bits per heavy atom. The summed E-state index contributed by atoms with van der Waals surface area (Å²) in [5.41, 5.74) is 1.76. The number of benzene rings is 1. The molecule has 1 aromatic carbocycles. The van der Waals surface area contributed by atoms with E-state index in [9.17, 15) is 5.11 Å². The van der Waals surface area contributed by atoms with E-state index in [1.165, 1.54) is 18.5 Å². The van der Waals surface area contributed by atoms with Crippen LogP contribution in [0.15, 0.2) is 24.3 Å². The first kappa shape index (κ1) is 14.2. The summed E-state index contributed by atoms with van der Waals surface area (Å²) in [5, 5.41) is 14.0. The van der Waals surface area contributed by atoms with Crippen molar-refractivity contribution < 1.29 is 5.11 Å². The van der Waals surface area contributed by atoms with Crippen LogP contribution in [0.25, 0.3) is 0 Å². The monoisotopic (exact) mass is 262 g/mol. The van der Waals surface area contributed by atoms with Crippen molar-refractivity contribution in [2.24, 2.45) is 0 Å². The fraction of sp³-hybridized carbons (Fsp3) is 0.625. The molecule has 0 saturated heterocycles. The highest BCUT2D eigenvalue weighted by molar-refractivity contribution is 5.54. The predicted octanol–water partition coefficient (Wildman–Crippen LogP) is 3.25. The van der Waals surface area contributed by atoms with Crippen molar-refractivity contribution in [2.45, 2.75) is 44.1 Å². The normalized spacial score (nSPS) is 18.7. The van der Waals surface area contributed by atoms with E-state index in [0.29, 0.717) is 6.54 Å². The highest BCUT2D eigenvalue weighted by atomic mass is 16.3. The zero-order valence-corrected chi connectivity index (χ0v) is 12.2. The summed E-state index contributed by atoms with van der Waals surface area (Å²) < 4.78 is 0. The lowest BCUT2D eigenvalue weighted by atomic mass is 9.94. The molecular formula is C16H26N2O. The Morgan fingerprint density at radius 2 is 1.63 bits per heavy atom. The average molecular weight is 262 g/mol. The minimum absolute atomic E-state index is 0.517. The van der Waals surface area contributed by atoms with Crippen LogP contribution in [0, 0.1) is 0 Å². The van der Waals surface area contributed by atoms with E-state index >= 15 is 0 Å². The van der Waals surface area contributed by atoms with Crippen molar-refractivity contribution in [1.82, 2.24) is 0 Å². The lowest BCUT2D eigenvalue weighted by molar-refractivity contribution is 0.0381. The Hall–Kier alpha value is -1.22. The molecule has 0 heterocycles. The number of aliphatic hydroxyl groups is 1. The molecule has 1 fully saturated rings. The molecule has 106 valence electrons. The summed E-state index contributed by atoms with van der Waals surface area (Å²) in [5.74, 6) is 0. The van der Waals surface area contributed by atoms with Gasteiger partial charge in [-0.3, -0.25) is 0 Å². The number of hydrogen-bond donors (Lipinski definition) is 2. The highest BCUT2D eigenvalue weighted by Crippen LogP contribution is 2.27. The lowest BCUT2D eigenvalue weighted by Gasteiger charge is -2.27. The van der Waals surface area contributed by atoms with Gasteiger partial charge in [0.1, 0.15) is 0 Å². The Kier molecular flexibility index (Phi) is 4.70. The van der Waals surface area contributed by atoms with Crippen LogP contribution in [0.4, 0.5) is 11.4 Å². The van der Waals surface area contributed by atoms with Gasteiger partial charge < -0.3 is 15.3 Å². The van der Waals surface area contributed by atoms with E-state index < -0.39 is 5.60 Å². The number of rotatable bonds is 4. The molecule has 0 radical (unpaired) electrons. The Bertz CT molecular complexity index is 378. The van der Waals surface area contributed by atoms with Gasteiger partial charge in [-0.15, -0.1) is 0 Å². The fourth-order valence-corrected chi connectivity index (χ4v) is 2.71. The van der Waals surface area contributed by atoms with Crippen molar-refractivity contribution in [1.29, 1.82) is 0 Å². The van der Waals surface area contributed by atoms with Crippen LogP contribution in [-0.4, -0.2) is 31.3 Å².